The molecule has 1 amide bonds. The minimum atomic E-state index is -0.733. The van der Waals surface area contributed by atoms with Crippen LogP contribution in [-0.2, 0) is 14.3 Å². The zero-order chi connectivity index (χ0) is 29.2. The number of hydrogen-bond donors (Lipinski definition) is 2. The van der Waals surface area contributed by atoms with Gasteiger partial charge in [0.05, 0.1) is 43.9 Å². The molecule has 0 spiro atoms. The van der Waals surface area contributed by atoms with Crippen LogP contribution in [0, 0.1) is 11.7 Å². The minimum absolute atomic E-state index is 0.0360. The molecule has 2 aromatic carbocycles. The number of amides is 1. The van der Waals surface area contributed by atoms with Gasteiger partial charge in [-0.25, -0.2) is 19.2 Å². The zero-order valence-corrected chi connectivity index (χ0v) is 23.3. The monoisotopic (exact) mass is 556 g/mol. The smallest absolute Gasteiger partial charge is 0.410 e. The summed E-state index contributed by atoms with van der Waals surface area (Å²) in [6, 6.07) is 6.15. The average Bonchev–Trinajstić information content (AvgIpc) is 3.32. The Labute approximate surface area is 231 Å². The van der Waals surface area contributed by atoms with E-state index in [1.54, 1.807) is 39.8 Å². The highest BCUT2D eigenvalue weighted by atomic mass is 19.1. The van der Waals surface area contributed by atoms with E-state index in [1.807, 2.05) is 0 Å². The molecule has 2 atom stereocenters. The van der Waals surface area contributed by atoms with Crippen LogP contribution in [0.4, 0.5) is 15.0 Å². The second-order valence-corrected chi connectivity index (χ2v) is 10.3. The number of hydrogen-bond acceptors (Lipinski definition) is 10. The molecule has 3 aromatic rings. The van der Waals surface area contributed by atoms with Gasteiger partial charge in [-0.3, -0.25) is 4.79 Å². The van der Waals surface area contributed by atoms with Gasteiger partial charge in [-0.1, -0.05) is 0 Å². The van der Waals surface area contributed by atoms with E-state index in [9.17, 15) is 19.1 Å². The molecule has 11 nitrogen and oxygen atoms in total. The summed E-state index contributed by atoms with van der Waals surface area (Å²) >= 11 is 0. The first kappa shape index (κ1) is 28.7. The van der Waals surface area contributed by atoms with Crippen LogP contribution in [0.25, 0.3) is 22.3 Å². The summed E-state index contributed by atoms with van der Waals surface area (Å²) in [5.41, 5.74) is -0.241. The van der Waals surface area contributed by atoms with Crippen LogP contribution in [0.2, 0.25) is 0 Å². The van der Waals surface area contributed by atoms with Gasteiger partial charge in [-0.05, 0) is 52.0 Å². The van der Waals surface area contributed by atoms with Crippen molar-refractivity contribution in [1.29, 1.82) is 0 Å². The van der Waals surface area contributed by atoms with Gasteiger partial charge in [0.1, 0.15) is 23.0 Å². The summed E-state index contributed by atoms with van der Waals surface area (Å²) in [6.45, 7) is 7.36. The van der Waals surface area contributed by atoms with Crippen molar-refractivity contribution >= 4 is 28.8 Å². The Kier molecular flexibility index (Phi) is 8.17. The Hall–Kier alpha value is -4.35. The molecule has 1 aromatic heterocycles. The van der Waals surface area contributed by atoms with Gasteiger partial charge in [0.2, 0.25) is 0 Å². The predicted octanol–water partition coefficient (Wildman–Crippen LogP) is 4.37. The Morgan fingerprint density at radius 3 is 2.45 bits per heavy atom. The molecule has 40 heavy (non-hydrogen) atoms. The molecule has 1 fully saturated rings. The molecular formula is C28H33FN4O7. The number of methoxy groups -OCH3 is 2. The number of ether oxygens (including phenoxy) is 4. The highest BCUT2D eigenvalue weighted by molar-refractivity contribution is 5.94. The van der Waals surface area contributed by atoms with Crippen molar-refractivity contribution in [2.45, 2.75) is 39.3 Å². The van der Waals surface area contributed by atoms with Crippen LogP contribution in [-0.4, -0.2) is 77.6 Å². The van der Waals surface area contributed by atoms with E-state index in [0.29, 0.717) is 22.4 Å². The van der Waals surface area contributed by atoms with E-state index in [4.69, 9.17) is 18.9 Å². The lowest BCUT2D eigenvalue weighted by molar-refractivity contribution is -0.147. The van der Waals surface area contributed by atoms with Crippen LogP contribution >= 0.6 is 0 Å². The summed E-state index contributed by atoms with van der Waals surface area (Å²) in [7, 11) is 2.97. The van der Waals surface area contributed by atoms with Gasteiger partial charge in [-0.2, -0.15) is 0 Å². The summed E-state index contributed by atoms with van der Waals surface area (Å²) in [6.07, 6.45) is -0.560. The number of anilines is 1. The largest absolute Gasteiger partial charge is 0.507 e. The maximum atomic E-state index is 14.1. The Balaban J connectivity index is 1.81. The predicted molar refractivity (Wildman–Crippen MR) is 145 cm³/mol. The SMILES string of the molecule is CCOC(=O)[C@@H]1CN(C(=O)OC(C)(C)C)C[C@H]1Nc1nc(-c2cc(F)ccc2O)nc2cc(OC)c(OC)cc12. The van der Waals surface area contributed by atoms with Crippen LogP contribution in [0.15, 0.2) is 30.3 Å². The molecule has 2 N–H and O–H groups in total. The van der Waals surface area contributed by atoms with Crippen molar-refractivity contribution in [3.63, 3.8) is 0 Å². The van der Waals surface area contributed by atoms with Crippen LogP contribution in [0.3, 0.4) is 0 Å². The molecule has 0 radical (unpaired) electrons. The van der Waals surface area contributed by atoms with Gasteiger partial charge in [0, 0.05) is 24.5 Å². The lowest BCUT2D eigenvalue weighted by Gasteiger charge is -2.24. The van der Waals surface area contributed by atoms with Crippen LogP contribution in [0.1, 0.15) is 27.7 Å². The number of esters is 1. The number of rotatable bonds is 7. The van der Waals surface area contributed by atoms with E-state index < -0.39 is 35.4 Å². The number of aromatic nitrogens is 2. The van der Waals surface area contributed by atoms with Crippen molar-refractivity contribution in [3.05, 3.63) is 36.1 Å². The molecule has 0 unspecified atom stereocenters. The number of halogens is 1. The van der Waals surface area contributed by atoms with E-state index in [2.05, 4.69) is 15.3 Å². The quantitative estimate of drug-likeness (QED) is 0.404. The molecule has 0 aliphatic carbocycles. The highest BCUT2D eigenvalue weighted by Crippen LogP contribution is 2.37. The molecule has 1 saturated heterocycles. The van der Waals surface area contributed by atoms with Crippen molar-refractivity contribution in [2.75, 3.05) is 39.2 Å². The summed E-state index contributed by atoms with van der Waals surface area (Å²) in [5, 5.41) is 14.2. The van der Waals surface area contributed by atoms with Gasteiger partial charge in [-0.15, -0.1) is 0 Å². The average molecular weight is 557 g/mol. The number of nitrogens with one attached hydrogen (secondary N) is 1. The second kappa shape index (κ2) is 11.4. The molecule has 4 rings (SSSR count). The fourth-order valence-corrected chi connectivity index (χ4v) is 4.46. The Bertz CT molecular complexity index is 1430. The highest BCUT2D eigenvalue weighted by Gasteiger charge is 2.42. The summed E-state index contributed by atoms with van der Waals surface area (Å²) in [4.78, 5) is 36.4. The van der Waals surface area contributed by atoms with E-state index in [0.717, 1.165) is 12.1 Å². The van der Waals surface area contributed by atoms with Crippen LogP contribution < -0.4 is 14.8 Å². The van der Waals surface area contributed by atoms with Crippen LogP contribution in [0.5, 0.6) is 17.2 Å². The third kappa shape index (κ3) is 6.11. The number of benzene rings is 2. The number of phenols is 1. The first-order valence-electron chi connectivity index (χ1n) is 12.8. The Morgan fingerprint density at radius 1 is 1.10 bits per heavy atom. The maximum absolute atomic E-state index is 14.1. The number of aromatic hydroxyl groups is 1. The third-order valence-electron chi connectivity index (χ3n) is 6.28. The normalized spacial score (nSPS) is 17.0. The summed E-state index contributed by atoms with van der Waals surface area (Å²) in [5.74, 6) is -0.889. The van der Waals surface area contributed by atoms with Gasteiger partial charge >= 0.3 is 12.1 Å². The molecule has 214 valence electrons. The molecule has 2 heterocycles. The van der Waals surface area contributed by atoms with Gasteiger partial charge < -0.3 is 34.3 Å². The molecule has 1 aliphatic heterocycles. The number of phenolic OH excluding ortho intramolecular Hbond substituents is 1. The lowest BCUT2D eigenvalue weighted by Crippen LogP contribution is -2.36. The zero-order valence-electron chi connectivity index (χ0n) is 23.3. The van der Waals surface area contributed by atoms with E-state index in [-0.39, 0.29) is 42.7 Å². The fourth-order valence-electron chi connectivity index (χ4n) is 4.46. The standard InChI is InChI=1S/C28H33FN4O7/c1-7-39-26(35)18-13-33(27(36)40-28(2,3)4)14-20(18)31-24-16-11-22(37-5)23(38-6)12-19(16)30-25(32-24)17-10-15(29)8-9-21(17)34/h8-12,18,20,34H,7,13-14H2,1-6H3,(H,30,31,32)/t18-,20-/m1/s1. The minimum Gasteiger partial charge on any atom is -0.507 e. The van der Waals surface area contributed by atoms with Crippen molar-refractivity contribution < 1.29 is 38.0 Å². The van der Waals surface area contributed by atoms with Crippen molar-refractivity contribution in [3.8, 4) is 28.6 Å². The number of likely N-dealkylation sites (tertiary alicyclic amines) is 1. The topological polar surface area (TPSA) is 132 Å². The number of carbonyl (C=O) groups is 2. The Morgan fingerprint density at radius 2 is 1.80 bits per heavy atom. The number of nitrogens with zero attached hydrogens (tertiary/aromatic N) is 3. The molecule has 0 bridgehead atoms. The number of fused-ring (bicyclic) bond motifs is 1. The molecule has 12 heteroatoms. The molecular weight excluding hydrogens is 523 g/mol. The van der Waals surface area contributed by atoms with E-state index in [1.165, 1.54) is 25.2 Å². The first-order valence-corrected chi connectivity index (χ1v) is 12.8. The molecule has 0 saturated carbocycles. The van der Waals surface area contributed by atoms with Gasteiger partial charge in [0.15, 0.2) is 17.3 Å². The maximum Gasteiger partial charge on any atom is 0.410 e. The number of carbonyl (C=O) groups excluding carboxylic acids is 2. The van der Waals surface area contributed by atoms with Crippen molar-refractivity contribution in [2.24, 2.45) is 5.92 Å². The lowest BCUT2D eigenvalue weighted by atomic mass is 10.0. The summed E-state index contributed by atoms with van der Waals surface area (Å²) < 4.78 is 35.8. The van der Waals surface area contributed by atoms with E-state index >= 15 is 0 Å². The first-order chi connectivity index (χ1) is 18.9. The van der Waals surface area contributed by atoms with Gasteiger partial charge in [0.25, 0.3) is 0 Å². The fraction of sp³-hybridized carbons (Fsp3) is 0.429. The third-order valence-corrected chi connectivity index (χ3v) is 6.28. The van der Waals surface area contributed by atoms with Crippen molar-refractivity contribution in [1.82, 2.24) is 14.9 Å². The molecule has 1 aliphatic rings. The second-order valence-electron chi connectivity index (χ2n) is 10.3.